The molecule has 1 rings (SSSR count). The Bertz CT molecular complexity index is 429. The molecule has 0 aliphatic rings. The Morgan fingerprint density at radius 2 is 1.74 bits per heavy atom. The fraction of sp³-hybridized carbons (Fsp3) is 0.500. The van der Waals surface area contributed by atoms with Gasteiger partial charge in [0.15, 0.2) is 0 Å². The van der Waals surface area contributed by atoms with Crippen LogP contribution >= 0.6 is 0 Å². The van der Waals surface area contributed by atoms with Crippen molar-refractivity contribution < 1.29 is 4.79 Å². The SMILES string of the molecule is C=C(CCc1cccc(CCC(=O)CC)c1)C(C)C. The van der Waals surface area contributed by atoms with Gasteiger partial charge >= 0.3 is 0 Å². The molecule has 0 saturated heterocycles. The van der Waals surface area contributed by atoms with Gasteiger partial charge in [0.1, 0.15) is 5.78 Å². The predicted octanol–water partition coefficient (Wildman–Crippen LogP) is 4.74. The van der Waals surface area contributed by atoms with Crippen LogP contribution in [0.25, 0.3) is 0 Å². The van der Waals surface area contributed by atoms with Crippen molar-refractivity contribution in [1.82, 2.24) is 0 Å². The summed E-state index contributed by atoms with van der Waals surface area (Å²) in [6.07, 6.45) is 4.28. The maximum absolute atomic E-state index is 11.3. The molecule has 0 amide bonds. The normalized spacial score (nSPS) is 10.7. The molecule has 1 aromatic carbocycles. The third-order valence-corrected chi connectivity index (χ3v) is 3.63. The van der Waals surface area contributed by atoms with E-state index in [0.29, 0.717) is 24.5 Å². The zero-order valence-corrected chi connectivity index (χ0v) is 12.5. The van der Waals surface area contributed by atoms with Gasteiger partial charge in [0, 0.05) is 12.8 Å². The van der Waals surface area contributed by atoms with Crippen molar-refractivity contribution in [2.45, 2.75) is 52.9 Å². The van der Waals surface area contributed by atoms with Crippen LogP contribution in [0.3, 0.4) is 0 Å². The van der Waals surface area contributed by atoms with Gasteiger partial charge in [0.2, 0.25) is 0 Å². The standard InChI is InChI=1S/C18H26O/c1-5-18(19)12-11-17-8-6-7-16(13-17)10-9-15(4)14(2)3/h6-8,13-14H,4-5,9-12H2,1-3H3. The van der Waals surface area contributed by atoms with Gasteiger partial charge in [0.25, 0.3) is 0 Å². The molecule has 0 aliphatic carbocycles. The summed E-state index contributed by atoms with van der Waals surface area (Å²) in [4.78, 5) is 11.3. The molecule has 1 heteroatoms. The van der Waals surface area contributed by atoms with Gasteiger partial charge in [-0.1, -0.05) is 57.2 Å². The highest BCUT2D eigenvalue weighted by Crippen LogP contribution is 2.16. The van der Waals surface area contributed by atoms with E-state index in [2.05, 4.69) is 44.7 Å². The van der Waals surface area contributed by atoms with E-state index in [-0.39, 0.29) is 0 Å². The zero-order valence-electron chi connectivity index (χ0n) is 12.5. The highest BCUT2D eigenvalue weighted by Gasteiger charge is 2.03. The molecule has 1 aromatic rings. The molecule has 0 saturated carbocycles. The molecule has 0 bridgehead atoms. The molecule has 0 aromatic heterocycles. The van der Waals surface area contributed by atoms with Crippen LogP contribution in [0, 0.1) is 5.92 Å². The fourth-order valence-corrected chi connectivity index (χ4v) is 1.99. The summed E-state index contributed by atoms with van der Waals surface area (Å²) >= 11 is 0. The lowest BCUT2D eigenvalue weighted by molar-refractivity contribution is -0.118. The number of aryl methyl sites for hydroxylation is 2. The van der Waals surface area contributed by atoms with Gasteiger partial charge in [0.05, 0.1) is 0 Å². The summed E-state index contributed by atoms with van der Waals surface area (Å²) in [7, 11) is 0. The minimum atomic E-state index is 0.346. The van der Waals surface area contributed by atoms with Crippen LogP contribution in [0.15, 0.2) is 36.4 Å². The quantitative estimate of drug-likeness (QED) is 0.615. The lowest BCUT2D eigenvalue weighted by Crippen LogP contribution is -1.99. The molecule has 104 valence electrons. The lowest BCUT2D eigenvalue weighted by atomic mass is 9.96. The summed E-state index contributed by atoms with van der Waals surface area (Å²) in [5.41, 5.74) is 3.93. The van der Waals surface area contributed by atoms with E-state index in [1.165, 1.54) is 16.7 Å². The monoisotopic (exact) mass is 258 g/mol. The Morgan fingerprint density at radius 3 is 2.26 bits per heavy atom. The van der Waals surface area contributed by atoms with Crippen molar-refractivity contribution in [3.05, 3.63) is 47.5 Å². The van der Waals surface area contributed by atoms with Gasteiger partial charge in [-0.15, -0.1) is 0 Å². The lowest BCUT2D eigenvalue weighted by Gasteiger charge is -2.10. The number of rotatable bonds is 8. The summed E-state index contributed by atoms with van der Waals surface area (Å²) in [5.74, 6) is 0.906. The Balaban J connectivity index is 2.52. The second-order valence-corrected chi connectivity index (χ2v) is 5.53. The number of ketones is 1. The summed E-state index contributed by atoms with van der Waals surface area (Å²) < 4.78 is 0. The van der Waals surface area contributed by atoms with Crippen LogP contribution in [-0.4, -0.2) is 5.78 Å². The van der Waals surface area contributed by atoms with Gasteiger partial charge in [-0.05, 0) is 36.3 Å². The maximum atomic E-state index is 11.3. The van der Waals surface area contributed by atoms with Crippen molar-refractivity contribution in [2.75, 3.05) is 0 Å². The molecule has 19 heavy (non-hydrogen) atoms. The topological polar surface area (TPSA) is 17.1 Å². The van der Waals surface area contributed by atoms with Crippen LogP contribution in [0.2, 0.25) is 0 Å². The second kappa shape index (κ2) is 7.93. The summed E-state index contributed by atoms with van der Waals surface area (Å²) in [5, 5.41) is 0. The van der Waals surface area contributed by atoms with Crippen LogP contribution in [0.1, 0.15) is 51.2 Å². The molecule has 0 atom stereocenters. The highest BCUT2D eigenvalue weighted by molar-refractivity contribution is 5.78. The van der Waals surface area contributed by atoms with E-state index in [0.717, 1.165) is 19.3 Å². The smallest absolute Gasteiger partial charge is 0.132 e. The largest absolute Gasteiger partial charge is 0.300 e. The molecule has 0 radical (unpaired) electrons. The highest BCUT2D eigenvalue weighted by atomic mass is 16.1. The molecule has 0 unspecified atom stereocenters. The molecular weight excluding hydrogens is 232 g/mol. The van der Waals surface area contributed by atoms with Crippen LogP contribution in [0.4, 0.5) is 0 Å². The first-order chi connectivity index (χ1) is 9.02. The summed E-state index contributed by atoms with van der Waals surface area (Å²) in [6.45, 7) is 10.4. The van der Waals surface area contributed by atoms with E-state index in [1.54, 1.807) is 0 Å². The number of benzene rings is 1. The molecular formula is C18H26O. The van der Waals surface area contributed by atoms with Crippen molar-refractivity contribution in [2.24, 2.45) is 5.92 Å². The number of hydrogen-bond acceptors (Lipinski definition) is 1. The molecule has 0 N–H and O–H groups in total. The van der Waals surface area contributed by atoms with Gasteiger partial charge < -0.3 is 0 Å². The van der Waals surface area contributed by atoms with Crippen molar-refractivity contribution in [3.8, 4) is 0 Å². The molecule has 0 aliphatic heterocycles. The van der Waals surface area contributed by atoms with Crippen molar-refractivity contribution in [1.29, 1.82) is 0 Å². The Labute approximate surface area is 117 Å². The predicted molar refractivity (Wildman–Crippen MR) is 82.4 cm³/mol. The fourth-order valence-electron chi connectivity index (χ4n) is 1.99. The minimum Gasteiger partial charge on any atom is -0.300 e. The van der Waals surface area contributed by atoms with Crippen LogP contribution in [-0.2, 0) is 17.6 Å². The van der Waals surface area contributed by atoms with Crippen LogP contribution in [0.5, 0.6) is 0 Å². The second-order valence-electron chi connectivity index (χ2n) is 5.53. The Morgan fingerprint density at radius 1 is 1.16 bits per heavy atom. The van der Waals surface area contributed by atoms with Gasteiger partial charge in [-0.2, -0.15) is 0 Å². The molecule has 0 fully saturated rings. The van der Waals surface area contributed by atoms with Gasteiger partial charge in [-0.3, -0.25) is 4.79 Å². The van der Waals surface area contributed by atoms with Gasteiger partial charge in [-0.25, -0.2) is 0 Å². The van der Waals surface area contributed by atoms with E-state index < -0.39 is 0 Å². The van der Waals surface area contributed by atoms with E-state index >= 15 is 0 Å². The first-order valence-electron chi connectivity index (χ1n) is 7.30. The number of carbonyl (C=O) groups excluding carboxylic acids is 1. The number of allylic oxidation sites excluding steroid dienone is 1. The average Bonchev–Trinajstić information content (AvgIpc) is 2.42. The zero-order chi connectivity index (χ0) is 14.3. The first-order valence-corrected chi connectivity index (χ1v) is 7.30. The third-order valence-electron chi connectivity index (χ3n) is 3.63. The molecule has 0 heterocycles. The van der Waals surface area contributed by atoms with E-state index in [9.17, 15) is 4.79 Å². The Hall–Kier alpha value is -1.37. The molecule has 1 nitrogen and oxygen atoms in total. The number of hydrogen-bond donors (Lipinski definition) is 0. The van der Waals surface area contributed by atoms with Crippen LogP contribution < -0.4 is 0 Å². The average molecular weight is 258 g/mol. The van der Waals surface area contributed by atoms with Crippen molar-refractivity contribution >= 4 is 5.78 Å². The Kier molecular flexibility index (Phi) is 6.55. The first kappa shape index (κ1) is 15.7. The minimum absolute atomic E-state index is 0.346. The van der Waals surface area contributed by atoms with E-state index in [1.807, 2.05) is 6.92 Å². The van der Waals surface area contributed by atoms with Crippen molar-refractivity contribution in [3.63, 3.8) is 0 Å². The molecule has 0 spiro atoms. The maximum Gasteiger partial charge on any atom is 0.132 e. The number of Topliss-reactive ketones (excluding diaryl/α,β-unsaturated/α-hetero) is 1. The summed E-state index contributed by atoms with van der Waals surface area (Å²) in [6, 6.07) is 8.61. The third kappa shape index (κ3) is 5.87. The number of carbonyl (C=O) groups is 1. The van der Waals surface area contributed by atoms with E-state index in [4.69, 9.17) is 0 Å².